The van der Waals surface area contributed by atoms with Crippen molar-refractivity contribution in [2.75, 3.05) is 24.2 Å². The van der Waals surface area contributed by atoms with E-state index < -0.39 is 92.0 Å². The Balaban J connectivity index is 1.40. The molecule has 8 N–H and O–H groups in total. The van der Waals surface area contributed by atoms with Crippen molar-refractivity contribution in [3.63, 3.8) is 0 Å². The van der Waals surface area contributed by atoms with E-state index in [9.17, 15) is 58.8 Å². The summed E-state index contributed by atoms with van der Waals surface area (Å²) >= 11 is 0. The van der Waals surface area contributed by atoms with Crippen LogP contribution in [0, 0.1) is 17.8 Å². The fraction of sp³-hybridized carbons (Fsp3) is 0.257. The molecule has 2 aliphatic carbocycles. The molecule has 3 aromatic rings. The molecule has 0 radical (unpaired) electrons. The average molecular weight is 701 g/mol. The molecule has 16 nitrogen and oxygen atoms in total. The Morgan fingerprint density at radius 1 is 0.569 bits per heavy atom. The summed E-state index contributed by atoms with van der Waals surface area (Å²) in [5.41, 5.74) is -4.57. The van der Waals surface area contributed by atoms with E-state index in [0.717, 1.165) is 43.9 Å². The number of nitrogens with one attached hydrogen (secondary N) is 4. The molecule has 3 unspecified atom stereocenters. The highest BCUT2D eigenvalue weighted by Crippen LogP contribution is 2.48. The summed E-state index contributed by atoms with van der Waals surface area (Å²) in [5.74, 6) is -8.84. The van der Waals surface area contributed by atoms with Gasteiger partial charge in [-0.25, -0.2) is 19.2 Å². The van der Waals surface area contributed by atoms with Gasteiger partial charge in [0.25, 0.3) is 23.6 Å². The number of benzene rings is 3. The van der Waals surface area contributed by atoms with Gasteiger partial charge in [-0.3, -0.25) is 19.2 Å². The van der Waals surface area contributed by atoms with Crippen LogP contribution in [-0.2, 0) is 0 Å². The van der Waals surface area contributed by atoms with Gasteiger partial charge in [0.15, 0.2) is 0 Å². The van der Waals surface area contributed by atoms with E-state index in [4.69, 9.17) is 0 Å². The van der Waals surface area contributed by atoms with E-state index in [1.807, 2.05) is 0 Å². The van der Waals surface area contributed by atoms with Gasteiger partial charge in [-0.15, -0.1) is 0 Å². The first kappa shape index (κ1) is 35.7. The van der Waals surface area contributed by atoms with Crippen LogP contribution in [0.15, 0.2) is 48.5 Å². The summed E-state index contributed by atoms with van der Waals surface area (Å²) in [5, 5.41) is 48.6. The van der Waals surface area contributed by atoms with E-state index in [1.54, 1.807) is 0 Å². The van der Waals surface area contributed by atoms with E-state index >= 15 is 0 Å². The molecule has 2 saturated carbocycles. The molecule has 264 valence electrons. The molecule has 0 heterocycles. The first-order valence-electron chi connectivity index (χ1n) is 15.7. The maximum Gasteiger partial charge on any atom is 0.336 e. The molecule has 0 aliphatic heterocycles. The predicted molar refractivity (Wildman–Crippen MR) is 178 cm³/mol. The fourth-order valence-corrected chi connectivity index (χ4v) is 6.81. The van der Waals surface area contributed by atoms with E-state index in [2.05, 4.69) is 21.3 Å². The highest BCUT2D eigenvalue weighted by atomic mass is 16.4. The van der Waals surface area contributed by atoms with Crippen LogP contribution in [0.5, 0.6) is 0 Å². The highest BCUT2D eigenvalue weighted by molar-refractivity contribution is 6.16. The van der Waals surface area contributed by atoms with E-state index in [0.29, 0.717) is 24.4 Å². The summed E-state index contributed by atoms with van der Waals surface area (Å²) in [6, 6.07) is 8.51. The zero-order chi connectivity index (χ0) is 37.1. The number of aromatic carboxylic acids is 4. The van der Waals surface area contributed by atoms with Gasteiger partial charge in [0.05, 0.1) is 44.5 Å². The Kier molecular flexibility index (Phi) is 10.2. The van der Waals surface area contributed by atoms with Gasteiger partial charge in [0.1, 0.15) is 0 Å². The van der Waals surface area contributed by atoms with Gasteiger partial charge in [0, 0.05) is 25.0 Å². The molecule has 0 aromatic heterocycles. The number of anilines is 2. The van der Waals surface area contributed by atoms with Crippen molar-refractivity contribution < 1.29 is 58.8 Å². The van der Waals surface area contributed by atoms with Crippen LogP contribution < -0.4 is 21.3 Å². The number of carbonyl (C=O) groups excluding carboxylic acids is 4. The van der Waals surface area contributed by atoms with Gasteiger partial charge in [0.2, 0.25) is 0 Å². The number of amides is 4. The number of fused-ring (bicyclic) bond motifs is 2. The number of hydrogen-bond donors (Lipinski definition) is 8. The molecule has 3 atom stereocenters. The van der Waals surface area contributed by atoms with Crippen molar-refractivity contribution in [2.24, 2.45) is 17.8 Å². The van der Waals surface area contributed by atoms with Gasteiger partial charge in [-0.2, -0.15) is 0 Å². The second-order valence-electron chi connectivity index (χ2n) is 12.3. The lowest BCUT2D eigenvalue weighted by atomic mass is 9.88. The summed E-state index contributed by atoms with van der Waals surface area (Å²) in [6.07, 6.45) is 4.26. The first-order valence-corrected chi connectivity index (χ1v) is 15.7. The van der Waals surface area contributed by atoms with Gasteiger partial charge in [-0.05, 0) is 79.5 Å². The number of carboxylic acids is 4. The third kappa shape index (κ3) is 7.54. The van der Waals surface area contributed by atoms with Crippen LogP contribution in [-0.4, -0.2) is 81.5 Å². The fourth-order valence-electron chi connectivity index (χ4n) is 6.81. The lowest BCUT2D eigenvalue weighted by Crippen LogP contribution is -2.33. The molecule has 16 heteroatoms. The van der Waals surface area contributed by atoms with Crippen molar-refractivity contribution in [3.8, 4) is 0 Å². The molecular formula is C35H32N4O12. The van der Waals surface area contributed by atoms with Gasteiger partial charge >= 0.3 is 23.9 Å². The van der Waals surface area contributed by atoms with Crippen LogP contribution >= 0.6 is 0 Å². The molecule has 2 fully saturated rings. The molecule has 51 heavy (non-hydrogen) atoms. The summed E-state index contributed by atoms with van der Waals surface area (Å²) in [6.45, 7) is 0.310. The molecule has 0 spiro atoms. The van der Waals surface area contributed by atoms with Crippen LogP contribution in [0.4, 0.5) is 11.4 Å². The lowest BCUT2D eigenvalue weighted by Gasteiger charge is -2.22. The molecule has 3 aromatic carbocycles. The average Bonchev–Trinajstić information content (AvgIpc) is 3.73. The predicted octanol–water partition coefficient (Wildman–Crippen LogP) is 3.51. The number of rotatable bonds is 12. The van der Waals surface area contributed by atoms with E-state index in [1.165, 1.54) is 31.3 Å². The van der Waals surface area contributed by atoms with Crippen molar-refractivity contribution in [2.45, 2.75) is 25.7 Å². The minimum Gasteiger partial charge on any atom is -0.478 e. The second-order valence-corrected chi connectivity index (χ2v) is 12.3. The number of carboxylic acid groups (broad SMARTS) is 4. The lowest BCUT2D eigenvalue weighted by molar-refractivity contribution is 0.0672. The maximum atomic E-state index is 13.4. The maximum absolute atomic E-state index is 13.4. The molecule has 4 amide bonds. The van der Waals surface area contributed by atoms with Crippen molar-refractivity contribution in [1.29, 1.82) is 0 Å². The third-order valence-corrected chi connectivity index (χ3v) is 9.23. The Labute approximate surface area is 288 Å². The van der Waals surface area contributed by atoms with Crippen molar-refractivity contribution >= 4 is 58.9 Å². The van der Waals surface area contributed by atoms with Gasteiger partial charge in [-0.1, -0.05) is 12.5 Å². The van der Waals surface area contributed by atoms with Crippen LogP contribution in [0.1, 0.15) is 109 Å². The number of carbonyl (C=O) groups is 8. The Morgan fingerprint density at radius 3 is 1.39 bits per heavy atom. The van der Waals surface area contributed by atoms with Crippen LogP contribution in [0.3, 0.4) is 0 Å². The molecule has 0 saturated heterocycles. The van der Waals surface area contributed by atoms with Crippen molar-refractivity contribution in [1.82, 2.24) is 10.6 Å². The number of hydrogen-bond acceptors (Lipinski definition) is 8. The Hall–Kier alpha value is -6.58. The first-order chi connectivity index (χ1) is 24.2. The Morgan fingerprint density at radius 2 is 1.00 bits per heavy atom. The molecular weight excluding hydrogens is 668 g/mol. The zero-order valence-corrected chi connectivity index (χ0v) is 26.9. The highest BCUT2D eigenvalue weighted by Gasteiger charge is 2.39. The van der Waals surface area contributed by atoms with E-state index in [-0.39, 0.29) is 17.3 Å². The Bertz CT molecular complexity index is 2020. The van der Waals surface area contributed by atoms with Crippen LogP contribution in [0.2, 0.25) is 0 Å². The monoisotopic (exact) mass is 700 g/mol. The quantitative estimate of drug-likeness (QED) is 0.135. The van der Waals surface area contributed by atoms with Gasteiger partial charge < -0.3 is 41.7 Å². The minimum atomic E-state index is -1.64. The normalized spacial score (nSPS) is 17.2. The third-order valence-electron chi connectivity index (χ3n) is 9.23. The molecule has 5 rings (SSSR count). The van der Waals surface area contributed by atoms with Crippen LogP contribution in [0.25, 0.3) is 0 Å². The smallest absolute Gasteiger partial charge is 0.336 e. The standard InChI is InChI=1S/C35H32N4O12/c1-36-28(40)20-10-22(26(34(48)49)12-24(20)32(44)45)30(42)38-18-3-2-4-19(9-18)39-31(43)23-11-21(25(33(46)47)13-27(23)35(50)51)29(41)37-14-17-8-15-5-6-16(17)7-15/h2-4,9-13,15-17H,5-8,14H2,1H3,(H,36,40)(H,37,41)(H,38,42)(H,39,43)(H,44,45)(H,46,47)(H,48,49)(H,50,51). The SMILES string of the molecule is CNC(=O)c1cc(C(=O)Nc2cccc(NC(=O)c3cc(C(=O)NCC4CC5CCC4C5)c(C(=O)O)cc3C(=O)O)c2)c(C(=O)O)cc1C(=O)O. The second kappa shape index (κ2) is 14.5. The largest absolute Gasteiger partial charge is 0.478 e. The summed E-state index contributed by atoms with van der Waals surface area (Å²) in [7, 11) is 1.22. The molecule has 2 bridgehead atoms. The minimum absolute atomic E-state index is 0.00157. The molecule has 2 aliphatic rings. The topological polar surface area (TPSA) is 266 Å². The zero-order valence-electron chi connectivity index (χ0n) is 26.9. The summed E-state index contributed by atoms with van der Waals surface area (Å²) in [4.78, 5) is 100.0. The van der Waals surface area contributed by atoms with Crippen molar-refractivity contribution in [3.05, 3.63) is 93.0 Å². The summed E-state index contributed by atoms with van der Waals surface area (Å²) < 4.78 is 0.